The molecule has 3 aromatic rings. The molecule has 1 N–H and O–H groups in total. The minimum absolute atomic E-state index is 0.131. The lowest BCUT2D eigenvalue weighted by molar-refractivity contribution is -0.122. The second-order valence-electron chi connectivity index (χ2n) is 5.63. The van der Waals surface area contributed by atoms with Crippen molar-refractivity contribution >= 4 is 44.5 Å². The molecule has 1 unspecified atom stereocenters. The van der Waals surface area contributed by atoms with E-state index in [9.17, 15) is 9.59 Å². The Labute approximate surface area is 156 Å². The maximum absolute atomic E-state index is 12.5. The summed E-state index contributed by atoms with van der Waals surface area (Å²) < 4.78 is 3.17. The second kappa shape index (κ2) is 6.97. The number of carbonyl (C=O) groups excluding carboxylic acids is 1. The van der Waals surface area contributed by atoms with Gasteiger partial charge in [0, 0.05) is 12.1 Å². The van der Waals surface area contributed by atoms with Gasteiger partial charge in [-0.05, 0) is 40.5 Å². The van der Waals surface area contributed by atoms with Crippen LogP contribution in [0.15, 0.2) is 40.0 Å². The zero-order valence-corrected chi connectivity index (χ0v) is 15.9. The van der Waals surface area contributed by atoms with Gasteiger partial charge in [-0.25, -0.2) is 9.67 Å². The standard InChI is InChI=1S/C16H15BrClN5O2/c1-9(10-4-3-5-11(18)6-10)20-12(24)7-23-8-19-15-13(16(23)25)14(17)21-22(15)2/h3-6,8-9H,7H2,1-2H3,(H,20,24). The monoisotopic (exact) mass is 423 g/mol. The van der Waals surface area contributed by atoms with Crippen molar-refractivity contribution in [1.29, 1.82) is 0 Å². The summed E-state index contributed by atoms with van der Waals surface area (Å²) in [5.74, 6) is -0.296. The number of hydrogen-bond donors (Lipinski definition) is 1. The van der Waals surface area contributed by atoms with E-state index in [4.69, 9.17) is 11.6 Å². The van der Waals surface area contributed by atoms with E-state index in [-0.39, 0.29) is 24.1 Å². The number of fused-ring (bicyclic) bond motifs is 1. The van der Waals surface area contributed by atoms with Crippen LogP contribution in [0.5, 0.6) is 0 Å². The van der Waals surface area contributed by atoms with Crippen LogP contribution < -0.4 is 10.9 Å². The van der Waals surface area contributed by atoms with Crippen LogP contribution in [-0.4, -0.2) is 25.2 Å². The average Bonchev–Trinajstić information content (AvgIpc) is 2.84. The summed E-state index contributed by atoms with van der Waals surface area (Å²) >= 11 is 9.22. The minimum atomic E-state index is -0.324. The van der Waals surface area contributed by atoms with Gasteiger partial charge in [0.05, 0.1) is 6.04 Å². The van der Waals surface area contributed by atoms with E-state index in [1.165, 1.54) is 15.6 Å². The number of nitrogens with one attached hydrogen (secondary N) is 1. The fourth-order valence-electron chi connectivity index (χ4n) is 2.55. The van der Waals surface area contributed by atoms with Crippen LogP contribution in [0.4, 0.5) is 0 Å². The second-order valence-corrected chi connectivity index (χ2v) is 6.82. The first-order chi connectivity index (χ1) is 11.9. The van der Waals surface area contributed by atoms with Crippen molar-refractivity contribution in [1.82, 2.24) is 24.6 Å². The molecule has 1 atom stereocenters. The lowest BCUT2D eigenvalue weighted by Gasteiger charge is -2.15. The maximum Gasteiger partial charge on any atom is 0.266 e. The van der Waals surface area contributed by atoms with Crippen molar-refractivity contribution in [3.63, 3.8) is 0 Å². The number of amides is 1. The van der Waals surface area contributed by atoms with Crippen LogP contribution in [0.25, 0.3) is 11.0 Å². The summed E-state index contributed by atoms with van der Waals surface area (Å²) in [4.78, 5) is 29.0. The minimum Gasteiger partial charge on any atom is -0.348 e. The molecule has 0 aliphatic heterocycles. The van der Waals surface area contributed by atoms with Crippen molar-refractivity contribution in [3.05, 3.63) is 56.1 Å². The molecule has 25 heavy (non-hydrogen) atoms. The number of aromatic nitrogens is 4. The molecular weight excluding hydrogens is 410 g/mol. The Balaban J connectivity index is 1.79. The van der Waals surface area contributed by atoms with Gasteiger partial charge in [0.15, 0.2) is 5.65 Å². The van der Waals surface area contributed by atoms with Gasteiger partial charge in [-0.15, -0.1) is 0 Å². The zero-order chi connectivity index (χ0) is 18.1. The highest BCUT2D eigenvalue weighted by Gasteiger charge is 2.16. The van der Waals surface area contributed by atoms with Crippen molar-refractivity contribution in [3.8, 4) is 0 Å². The first-order valence-electron chi connectivity index (χ1n) is 7.49. The molecule has 0 radical (unpaired) electrons. The molecule has 2 aromatic heterocycles. The summed E-state index contributed by atoms with van der Waals surface area (Å²) in [7, 11) is 1.70. The predicted octanol–water partition coefficient (Wildman–Crippen LogP) is 2.42. The Morgan fingerprint density at radius 1 is 1.44 bits per heavy atom. The summed E-state index contributed by atoms with van der Waals surface area (Å²) in [6, 6.07) is 7.03. The summed E-state index contributed by atoms with van der Waals surface area (Å²) in [5.41, 5.74) is 1.02. The molecule has 0 aliphatic rings. The number of aryl methyl sites for hydroxylation is 1. The highest BCUT2D eigenvalue weighted by Crippen LogP contribution is 2.18. The van der Waals surface area contributed by atoms with Crippen LogP contribution in [0.3, 0.4) is 0 Å². The zero-order valence-electron chi connectivity index (χ0n) is 13.5. The summed E-state index contributed by atoms with van der Waals surface area (Å²) in [6.07, 6.45) is 1.35. The van der Waals surface area contributed by atoms with Gasteiger partial charge in [0.25, 0.3) is 5.56 Å². The van der Waals surface area contributed by atoms with E-state index in [0.29, 0.717) is 20.7 Å². The Morgan fingerprint density at radius 2 is 2.20 bits per heavy atom. The normalized spacial score (nSPS) is 12.3. The molecule has 3 rings (SSSR count). The van der Waals surface area contributed by atoms with Crippen molar-refractivity contribution in [2.45, 2.75) is 19.5 Å². The van der Waals surface area contributed by atoms with Crippen molar-refractivity contribution < 1.29 is 4.79 Å². The fraction of sp³-hybridized carbons (Fsp3) is 0.250. The third kappa shape index (κ3) is 3.59. The van der Waals surface area contributed by atoms with Gasteiger partial charge in [-0.2, -0.15) is 5.10 Å². The number of benzene rings is 1. The smallest absolute Gasteiger partial charge is 0.266 e. The van der Waals surface area contributed by atoms with E-state index in [2.05, 4.69) is 31.3 Å². The molecule has 0 bridgehead atoms. The van der Waals surface area contributed by atoms with E-state index in [0.717, 1.165) is 5.56 Å². The molecular formula is C16H15BrClN5O2. The third-order valence-corrected chi connectivity index (χ3v) is 4.60. The van der Waals surface area contributed by atoms with Crippen LogP contribution >= 0.6 is 27.5 Å². The molecule has 0 saturated heterocycles. The van der Waals surface area contributed by atoms with Gasteiger partial charge in [-0.3, -0.25) is 14.2 Å². The van der Waals surface area contributed by atoms with Gasteiger partial charge in [0.1, 0.15) is 22.9 Å². The number of hydrogen-bond acceptors (Lipinski definition) is 4. The van der Waals surface area contributed by atoms with Crippen molar-refractivity contribution in [2.75, 3.05) is 0 Å². The van der Waals surface area contributed by atoms with Crippen LogP contribution in [0, 0.1) is 0 Å². The van der Waals surface area contributed by atoms with Gasteiger partial charge < -0.3 is 5.32 Å². The van der Waals surface area contributed by atoms with Crippen LogP contribution in [-0.2, 0) is 18.4 Å². The van der Waals surface area contributed by atoms with Gasteiger partial charge in [0.2, 0.25) is 5.91 Å². The first kappa shape index (κ1) is 17.6. The molecule has 1 aromatic carbocycles. The highest BCUT2D eigenvalue weighted by atomic mass is 79.9. The summed E-state index contributed by atoms with van der Waals surface area (Å²) in [5, 5.41) is 7.91. The predicted molar refractivity (Wildman–Crippen MR) is 98.5 cm³/mol. The van der Waals surface area contributed by atoms with Gasteiger partial charge in [-0.1, -0.05) is 23.7 Å². The largest absolute Gasteiger partial charge is 0.348 e. The Bertz CT molecular complexity index is 1010. The highest BCUT2D eigenvalue weighted by molar-refractivity contribution is 9.10. The molecule has 2 heterocycles. The molecule has 7 nitrogen and oxygen atoms in total. The topological polar surface area (TPSA) is 81.8 Å². The maximum atomic E-state index is 12.5. The van der Waals surface area contributed by atoms with Gasteiger partial charge >= 0.3 is 0 Å². The number of carbonyl (C=O) groups is 1. The van der Waals surface area contributed by atoms with E-state index in [1.54, 1.807) is 19.2 Å². The lowest BCUT2D eigenvalue weighted by atomic mass is 10.1. The van der Waals surface area contributed by atoms with E-state index < -0.39 is 0 Å². The van der Waals surface area contributed by atoms with E-state index >= 15 is 0 Å². The van der Waals surface area contributed by atoms with E-state index in [1.807, 2.05) is 19.1 Å². The Hall–Kier alpha value is -2.19. The SMILES string of the molecule is CC(NC(=O)Cn1cnc2c(c(Br)nn2C)c1=O)c1cccc(Cl)c1. The molecule has 1 amide bonds. The Morgan fingerprint density at radius 3 is 2.92 bits per heavy atom. The number of rotatable bonds is 4. The Kier molecular flexibility index (Phi) is 4.91. The molecule has 0 aliphatic carbocycles. The number of halogens is 2. The summed E-state index contributed by atoms with van der Waals surface area (Å²) in [6.45, 7) is 1.72. The molecule has 0 fully saturated rings. The molecule has 0 spiro atoms. The first-order valence-corrected chi connectivity index (χ1v) is 8.66. The molecule has 9 heteroatoms. The average molecular weight is 425 g/mol. The molecule has 130 valence electrons. The van der Waals surface area contributed by atoms with Crippen LogP contribution in [0.2, 0.25) is 5.02 Å². The fourth-order valence-corrected chi connectivity index (χ4v) is 3.33. The third-order valence-electron chi connectivity index (χ3n) is 3.81. The van der Waals surface area contributed by atoms with Crippen molar-refractivity contribution in [2.24, 2.45) is 7.05 Å². The number of nitrogens with zero attached hydrogens (tertiary/aromatic N) is 4. The quantitative estimate of drug-likeness (QED) is 0.697. The molecule has 0 saturated carbocycles. The van der Waals surface area contributed by atoms with Crippen LogP contribution in [0.1, 0.15) is 18.5 Å². The lowest BCUT2D eigenvalue weighted by Crippen LogP contribution is -2.34.